The van der Waals surface area contributed by atoms with Gasteiger partial charge in [0.2, 0.25) is 0 Å². The van der Waals surface area contributed by atoms with Crippen LogP contribution >= 0.6 is 0 Å². The minimum Gasteiger partial charge on any atom is -0.336 e. The van der Waals surface area contributed by atoms with Gasteiger partial charge in [-0.25, -0.2) is 13.6 Å². The Labute approximate surface area is 138 Å². The second-order valence-electron chi connectivity index (χ2n) is 5.38. The summed E-state index contributed by atoms with van der Waals surface area (Å²) in [5.74, 6) is -2.47. The fourth-order valence-electron chi connectivity index (χ4n) is 1.98. The van der Waals surface area contributed by atoms with E-state index < -0.39 is 23.6 Å². The minimum absolute atomic E-state index is 0.0555. The van der Waals surface area contributed by atoms with Crippen LogP contribution in [0.3, 0.4) is 0 Å². The first-order chi connectivity index (χ1) is 11.4. The van der Waals surface area contributed by atoms with Crippen LogP contribution in [0.2, 0.25) is 0 Å². The zero-order valence-corrected chi connectivity index (χ0v) is 13.2. The van der Waals surface area contributed by atoms with E-state index in [1.165, 1.54) is 0 Å². The molecule has 5 nitrogen and oxygen atoms in total. The van der Waals surface area contributed by atoms with Gasteiger partial charge in [0.1, 0.15) is 11.6 Å². The van der Waals surface area contributed by atoms with Gasteiger partial charge in [0.05, 0.1) is 16.9 Å². The summed E-state index contributed by atoms with van der Waals surface area (Å²) in [5, 5.41) is 7.76. The van der Waals surface area contributed by atoms with Crippen molar-refractivity contribution in [2.45, 2.75) is 19.9 Å². The number of carbonyl (C=O) groups is 2. The highest BCUT2D eigenvalue weighted by Crippen LogP contribution is 2.22. The fraction of sp³-hybridized carbons (Fsp3) is 0.176. The molecule has 0 fully saturated rings. The van der Waals surface area contributed by atoms with Crippen molar-refractivity contribution in [3.8, 4) is 0 Å². The van der Waals surface area contributed by atoms with E-state index in [1.807, 2.05) is 13.8 Å². The molecule has 0 saturated carbocycles. The van der Waals surface area contributed by atoms with E-state index in [0.717, 1.165) is 12.1 Å². The molecule has 0 aromatic heterocycles. The number of amides is 3. The summed E-state index contributed by atoms with van der Waals surface area (Å²) < 4.78 is 26.6. The van der Waals surface area contributed by atoms with E-state index in [2.05, 4.69) is 16.0 Å². The molecule has 0 unspecified atom stereocenters. The molecule has 0 aliphatic heterocycles. The first-order valence-electron chi connectivity index (χ1n) is 7.29. The molecular weight excluding hydrogens is 316 g/mol. The highest BCUT2D eigenvalue weighted by Gasteiger charge is 2.15. The Balaban J connectivity index is 2.17. The summed E-state index contributed by atoms with van der Waals surface area (Å²) in [6.07, 6.45) is 0. The molecule has 0 radical (unpaired) electrons. The Morgan fingerprint density at radius 1 is 0.958 bits per heavy atom. The zero-order valence-electron chi connectivity index (χ0n) is 13.2. The number of nitrogens with one attached hydrogen (secondary N) is 3. The van der Waals surface area contributed by atoms with Crippen LogP contribution in [-0.4, -0.2) is 18.0 Å². The van der Waals surface area contributed by atoms with Crippen LogP contribution in [0, 0.1) is 11.6 Å². The lowest BCUT2D eigenvalue weighted by Crippen LogP contribution is -2.34. The van der Waals surface area contributed by atoms with E-state index in [9.17, 15) is 18.4 Å². The van der Waals surface area contributed by atoms with Crippen molar-refractivity contribution in [3.05, 3.63) is 59.7 Å². The highest BCUT2D eigenvalue weighted by molar-refractivity contribution is 6.07. The highest BCUT2D eigenvalue weighted by atomic mass is 19.1. The lowest BCUT2D eigenvalue weighted by Gasteiger charge is -2.14. The van der Waals surface area contributed by atoms with Gasteiger partial charge < -0.3 is 16.0 Å². The van der Waals surface area contributed by atoms with Gasteiger partial charge in [-0.2, -0.15) is 0 Å². The van der Waals surface area contributed by atoms with Crippen molar-refractivity contribution in [2.75, 3.05) is 10.6 Å². The second-order valence-corrected chi connectivity index (χ2v) is 5.38. The summed E-state index contributed by atoms with van der Waals surface area (Å²) in [6, 6.07) is 8.69. The molecular formula is C17H17F2N3O2. The average molecular weight is 333 g/mol. The van der Waals surface area contributed by atoms with Crippen molar-refractivity contribution in [3.63, 3.8) is 0 Å². The van der Waals surface area contributed by atoms with Gasteiger partial charge >= 0.3 is 6.03 Å². The van der Waals surface area contributed by atoms with Crippen LogP contribution in [0.15, 0.2) is 42.5 Å². The Morgan fingerprint density at radius 3 is 2.17 bits per heavy atom. The second kappa shape index (κ2) is 7.54. The van der Waals surface area contributed by atoms with Gasteiger partial charge in [0.25, 0.3) is 5.91 Å². The third kappa shape index (κ3) is 4.52. The largest absolute Gasteiger partial charge is 0.336 e. The molecule has 2 aromatic rings. The molecule has 3 N–H and O–H groups in total. The van der Waals surface area contributed by atoms with Gasteiger partial charge in [0.15, 0.2) is 0 Å². The monoisotopic (exact) mass is 333 g/mol. The first-order valence-corrected chi connectivity index (χ1v) is 7.29. The molecule has 0 aliphatic rings. The predicted molar refractivity (Wildman–Crippen MR) is 88.0 cm³/mol. The Kier molecular flexibility index (Phi) is 5.47. The number of para-hydroxylation sites is 2. The molecule has 0 heterocycles. The van der Waals surface area contributed by atoms with Crippen LogP contribution in [0.5, 0.6) is 0 Å². The lowest BCUT2D eigenvalue weighted by atomic mass is 10.2. The van der Waals surface area contributed by atoms with Crippen LogP contribution in [0.1, 0.15) is 24.2 Å². The normalized spacial score (nSPS) is 10.4. The minimum atomic E-state index is -0.963. The summed E-state index contributed by atoms with van der Waals surface area (Å²) in [7, 11) is 0. The number of anilines is 2. The number of hydrogen-bond donors (Lipinski definition) is 3. The molecule has 2 aromatic carbocycles. The van der Waals surface area contributed by atoms with E-state index in [4.69, 9.17) is 0 Å². The predicted octanol–water partition coefficient (Wildman–Crippen LogP) is 3.75. The van der Waals surface area contributed by atoms with Gasteiger partial charge in [-0.05, 0) is 38.1 Å². The maximum absolute atomic E-state index is 13.7. The Hall–Kier alpha value is -2.96. The maximum Gasteiger partial charge on any atom is 0.319 e. The number of halogens is 2. The quantitative estimate of drug-likeness (QED) is 0.797. The third-order valence-corrected chi connectivity index (χ3v) is 3.02. The van der Waals surface area contributed by atoms with E-state index in [-0.39, 0.29) is 11.6 Å². The number of urea groups is 1. The molecule has 7 heteroatoms. The smallest absolute Gasteiger partial charge is 0.319 e. The van der Waals surface area contributed by atoms with Crippen molar-refractivity contribution >= 4 is 23.3 Å². The number of hydrogen-bond acceptors (Lipinski definition) is 2. The van der Waals surface area contributed by atoms with Crippen molar-refractivity contribution < 1.29 is 18.4 Å². The van der Waals surface area contributed by atoms with E-state index in [0.29, 0.717) is 17.4 Å². The van der Waals surface area contributed by atoms with Crippen molar-refractivity contribution in [1.29, 1.82) is 0 Å². The first kappa shape index (κ1) is 17.4. The number of benzene rings is 2. The molecule has 2 rings (SSSR count). The Bertz CT molecular complexity index is 763. The average Bonchev–Trinajstić information content (AvgIpc) is 2.48. The van der Waals surface area contributed by atoms with Crippen LogP contribution in [-0.2, 0) is 0 Å². The third-order valence-electron chi connectivity index (χ3n) is 3.02. The molecule has 0 bridgehead atoms. The van der Waals surface area contributed by atoms with Gasteiger partial charge in [0, 0.05) is 12.1 Å². The van der Waals surface area contributed by atoms with Crippen LogP contribution in [0.25, 0.3) is 0 Å². The number of carbonyl (C=O) groups excluding carboxylic acids is 2. The van der Waals surface area contributed by atoms with Crippen molar-refractivity contribution in [1.82, 2.24) is 5.32 Å². The molecule has 126 valence electrons. The summed E-state index contributed by atoms with van der Waals surface area (Å²) in [4.78, 5) is 23.9. The fourth-order valence-corrected chi connectivity index (χ4v) is 1.98. The molecule has 0 spiro atoms. The van der Waals surface area contributed by atoms with Crippen molar-refractivity contribution in [2.24, 2.45) is 0 Å². The topological polar surface area (TPSA) is 70.2 Å². The molecule has 0 saturated heterocycles. The maximum atomic E-state index is 13.7. The summed E-state index contributed by atoms with van der Waals surface area (Å²) in [6.45, 7) is 3.62. The summed E-state index contributed by atoms with van der Waals surface area (Å²) in [5.41, 5.74) is 0.356. The van der Waals surface area contributed by atoms with E-state index >= 15 is 0 Å². The van der Waals surface area contributed by atoms with Gasteiger partial charge in [-0.3, -0.25) is 4.79 Å². The van der Waals surface area contributed by atoms with Gasteiger partial charge in [-0.1, -0.05) is 12.1 Å². The van der Waals surface area contributed by atoms with Crippen LogP contribution in [0.4, 0.5) is 25.0 Å². The van der Waals surface area contributed by atoms with Crippen LogP contribution < -0.4 is 16.0 Å². The molecule has 0 aliphatic carbocycles. The SMILES string of the molecule is CC(C)NC(=O)Nc1ccccc1NC(=O)c1ccc(F)cc1F. The lowest BCUT2D eigenvalue weighted by molar-refractivity contribution is 0.102. The standard InChI is InChI=1S/C17H17F2N3O2/c1-10(2)20-17(24)22-15-6-4-3-5-14(15)21-16(23)12-8-7-11(18)9-13(12)19/h3-10H,1-2H3,(H,21,23)(H2,20,22,24). The Morgan fingerprint density at radius 2 is 1.58 bits per heavy atom. The van der Waals surface area contributed by atoms with E-state index in [1.54, 1.807) is 24.3 Å². The molecule has 24 heavy (non-hydrogen) atoms. The molecule has 0 atom stereocenters. The molecule has 3 amide bonds. The summed E-state index contributed by atoms with van der Waals surface area (Å²) >= 11 is 0. The number of rotatable bonds is 4. The zero-order chi connectivity index (χ0) is 17.7. The van der Waals surface area contributed by atoms with Gasteiger partial charge in [-0.15, -0.1) is 0 Å².